The van der Waals surface area contributed by atoms with Gasteiger partial charge in [-0.2, -0.15) is 0 Å². The first-order valence-electron chi connectivity index (χ1n) is 4.97. The molecule has 0 radical (unpaired) electrons. The number of rotatable bonds is 8. The van der Waals surface area contributed by atoms with Gasteiger partial charge in [0, 0.05) is 31.4 Å². The maximum absolute atomic E-state index is 9.42. The van der Waals surface area contributed by atoms with Crippen molar-refractivity contribution in [2.24, 2.45) is 0 Å². The van der Waals surface area contributed by atoms with Gasteiger partial charge in [0.1, 0.15) is 0 Å². The predicted molar refractivity (Wildman–Crippen MR) is 59.6 cm³/mol. The minimum atomic E-state index is -0.576. The minimum absolute atomic E-state index is 0.193. The second-order valence-electron chi connectivity index (χ2n) is 3.79. The van der Waals surface area contributed by atoms with E-state index in [2.05, 4.69) is 0 Å². The van der Waals surface area contributed by atoms with Crippen molar-refractivity contribution in [3.8, 4) is 0 Å². The van der Waals surface area contributed by atoms with E-state index in [0.717, 1.165) is 6.61 Å². The van der Waals surface area contributed by atoms with Crippen molar-refractivity contribution in [3.05, 3.63) is 0 Å². The number of epoxide rings is 1. The van der Waals surface area contributed by atoms with Crippen molar-refractivity contribution in [2.75, 3.05) is 38.0 Å². The van der Waals surface area contributed by atoms with Gasteiger partial charge in [0.05, 0.1) is 24.9 Å². The van der Waals surface area contributed by atoms with Crippen molar-refractivity contribution < 1.29 is 14.9 Å². The molecular weight excluding hydrogens is 241 g/mol. The fourth-order valence-corrected chi connectivity index (χ4v) is 1.57. The first-order chi connectivity index (χ1) is 7.15. The van der Waals surface area contributed by atoms with Gasteiger partial charge < -0.3 is 14.9 Å². The summed E-state index contributed by atoms with van der Waals surface area (Å²) in [5.41, 5.74) is 0. The number of nitrogens with zero attached hydrogens (tertiary/aromatic N) is 1. The molecule has 0 bridgehead atoms. The Morgan fingerprint density at radius 3 is 2.00 bits per heavy atom. The summed E-state index contributed by atoms with van der Waals surface area (Å²) in [4.78, 5) is 1.93. The zero-order valence-corrected chi connectivity index (χ0v) is 9.99. The van der Waals surface area contributed by atoms with E-state index in [1.54, 1.807) is 0 Å². The van der Waals surface area contributed by atoms with Crippen LogP contribution < -0.4 is 0 Å². The first-order valence-corrected chi connectivity index (χ1v) is 6.04. The molecule has 1 fully saturated rings. The molecule has 0 spiro atoms. The third-order valence-electron chi connectivity index (χ3n) is 2.16. The van der Waals surface area contributed by atoms with Crippen molar-refractivity contribution in [1.82, 2.24) is 4.90 Å². The lowest BCUT2D eigenvalue weighted by atomic mass is 10.3. The highest BCUT2D eigenvalue weighted by Gasteiger charge is 2.27. The van der Waals surface area contributed by atoms with E-state index in [1.165, 1.54) is 0 Å². The molecule has 0 saturated carbocycles. The highest BCUT2D eigenvalue weighted by molar-refractivity contribution is 6.18. The Kier molecular flexibility index (Phi) is 6.19. The van der Waals surface area contributed by atoms with Gasteiger partial charge in [-0.25, -0.2) is 0 Å². The van der Waals surface area contributed by atoms with Crippen molar-refractivity contribution in [3.63, 3.8) is 0 Å². The molecule has 2 N–H and O–H groups in total. The molecule has 90 valence electrons. The van der Waals surface area contributed by atoms with Gasteiger partial charge in [0.15, 0.2) is 0 Å². The molecule has 0 amide bonds. The average molecular weight is 258 g/mol. The lowest BCUT2D eigenvalue weighted by molar-refractivity contribution is 0.0817. The number of ether oxygens (including phenoxy) is 1. The Bertz CT molecular complexity index is 169. The Hall–Kier alpha value is 0.420. The van der Waals surface area contributed by atoms with Crippen LogP contribution in [-0.4, -0.2) is 71.4 Å². The van der Waals surface area contributed by atoms with Crippen LogP contribution in [0.15, 0.2) is 0 Å². The molecule has 4 nitrogen and oxygen atoms in total. The zero-order chi connectivity index (χ0) is 11.3. The molecule has 3 atom stereocenters. The summed E-state index contributed by atoms with van der Waals surface area (Å²) in [5.74, 6) is 0.387. The van der Waals surface area contributed by atoms with Gasteiger partial charge in [-0.05, 0) is 0 Å². The molecule has 1 heterocycles. The summed E-state index contributed by atoms with van der Waals surface area (Å²) >= 11 is 11.0. The van der Waals surface area contributed by atoms with E-state index >= 15 is 0 Å². The van der Waals surface area contributed by atoms with E-state index in [0.29, 0.717) is 19.6 Å². The fraction of sp³-hybridized carbons (Fsp3) is 1.00. The number of hydrogen-bond donors (Lipinski definition) is 2. The Morgan fingerprint density at radius 2 is 1.67 bits per heavy atom. The Balaban J connectivity index is 2.29. The van der Waals surface area contributed by atoms with Crippen LogP contribution in [-0.2, 0) is 4.74 Å². The predicted octanol–water partition coefficient (Wildman–Crippen LogP) is -0.113. The van der Waals surface area contributed by atoms with Gasteiger partial charge in [0.25, 0.3) is 0 Å². The van der Waals surface area contributed by atoms with Crippen LogP contribution in [0.25, 0.3) is 0 Å². The summed E-state index contributed by atoms with van der Waals surface area (Å²) < 4.78 is 5.10. The van der Waals surface area contributed by atoms with Crippen LogP contribution in [0.2, 0.25) is 0 Å². The Labute approximate surface area is 99.7 Å². The van der Waals surface area contributed by atoms with Crippen LogP contribution in [0, 0.1) is 0 Å². The van der Waals surface area contributed by atoms with Gasteiger partial charge in [-0.15, -0.1) is 23.2 Å². The summed E-state index contributed by atoms with van der Waals surface area (Å²) in [7, 11) is 0. The van der Waals surface area contributed by atoms with E-state index in [1.807, 2.05) is 4.90 Å². The number of hydrogen-bond acceptors (Lipinski definition) is 4. The van der Waals surface area contributed by atoms with Crippen molar-refractivity contribution >= 4 is 23.2 Å². The van der Waals surface area contributed by atoms with Gasteiger partial charge in [-0.1, -0.05) is 0 Å². The molecule has 1 aliphatic heterocycles. The third-order valence-corrected chi connectivity index (χ3v) is 2.87. The largest absolute Gasteiger partial charge is 0.391 e. The molecule has 0 aliphatic carbocycles. The van der Waals surface area contributed by atoms with Crippen molar-refractivity contribution in [1.29, 1.82) is 0 Å². The topological polar surface area (TPSA) is 56.2 Å². The maximum Gasteiger partial charge on any atom is 0.0936 e. The average Bonchev–Trinajstić information content (AvgIpc) is 3.01. The van der Waals surface area contributed by atoms with Crippen LogP contribution in [0.3, 0.4) is 0 Å². The molecule has 0 aromatic rings. The number of aliphatic hydroxyl groups is 2. The smallest absolute Gasteiger partial charge is 0.0936 e. The molecule has 3 unspecified atom stereocenters. The molecule has 0 aromatic heterocycles. The van der Waals surface area contributed by atoms with E-state index in [4.69, 9.17) is 27.9 Å². The van der Waals surface area contributed by atoms with Gasteiger partial charge in [-0.3, -0.25) is 4.90 Å². The third kappa shape index (κ3) is 5.90. The van der Waals surface area contributed by atoms with Crippen LogP contribution >= 0.6 is 23.2 Å². The second-order valence-corrected chi connectivity index (χ2v) is 4.41. The number of alkyl halides is 2. The first kappa shape index (κ1) is 13.5. The summed E-state index contributed by atoms with van der Waals surface area (Å²) in [6.45, 7) is 2.35. The van der Waals surface area contributed by atoms with E-state index in [-0.39, 0.29) is 17.9 Å². The SMILES string of the molecule is OC(CCl)CN(CC(O)CCl)CC1CO1. The molecule has 15 heavy (non-hydrogen) atoms. The number of halogens is 2. The quantitative estimate of drug-likeness (QED) is 0.471. The maximum atomic E-state index is 9.42. The van der Waals surface area contributed by atoms with Crippen molar-refractivity contribution in [2.45, 2.75) is 18.3 Å². The highest BCUT2D eigenvalue weighted by atomic mass is 35.5. The van der Waals surface area contributed by atoms with Gasteiger partial charge >= 0.3 is 0 Å². The molecule has 1 saturated heterocycles. The molecule has 1 aliphatic rings. The molecule has 6 heteroatoms. The fourth-order valence-electron chi connectivity index (χ4n) is 1.38. The van der Waals surface area contributed by atoms with Gasteiger partial charge in [0.2, 0.25) is 0 Å². The summed E-state index contributed by atoms with van der Waals surface area (Å²) in [6, 6.07) is 0. The van der Waals surface area contributed by atoms with Crippen LogP contribution in [0.5, 0.6) is 0 Å². The molecule has 1 rings (SSSR count). The zero-order valence-electron chi connectivity index (χ0n) is 8.48. The normalized spacial score (nSPS) is 24.2. The monoisotopic (exact) mass is 257 g/mol. The Morgan fingerprint density at radius 1 is 1.20 bits per heavy atom. The van der Waals surface area contributed by atoms with E-state index < -0.39 is 12.2 Å². The lowest BCUT2D eigenvalue weighted by Gasteiger charge is -2.25. The number of aliphatic hydroxyl groups excluding tert-OH is 2. The molecular formula is C9H17Cl2NO3. The standard InChI is InChI=1S/C9H17Cl2NO3/c10-1-7(13)3-12(4-8(14)2-11)5-9-6-15-9/h7-9,13-14H,1-6H2. The second kappa shape index (κ2) is 6.89. The summed E-state index contributed by atoms with van der Waals surface area (Å²) in [6.07, 6.45) is -0.920. The lowest BCUT2D eigenvalue weighted by Crippen LogP contribution is -2.41. The highest BCUT2D eigenvalue weighted by Crippen LogP contribution is 2.12. The summed E-state index contributed by atoms with van der Waals surface area (Å²) in [5, 5.41) is 18.8. The van der Waals surface area contributed by atoms with E-state index in [9.17, 15) is 10.2 Å². The van der Waals surface area contributed by atoms with Crippen LogP contribution in [0.1, 0.15) is 0 Å². The minimum Gasteiger partial charge on any atom is -0.391 e. The molecule has 0 aromatic carbocycles. The van der Waals surface area contributed by atoms with Crippen LogP contribution in [0.4, 0.5) is 0 Å².